The van der Waals surface area contributed by atoms with Gasteiger partial charge in [-0.2, -0.15) is 5.10 Å². The summed E-state index contributed by atoms with van der Waals surface area (Å²) in [4.78, 5) is 19.1. The highest BCUT2D eigenvalue weighted by atomic mass is 32.1. The number of nitrogens with zero attached hydrogens (tertiary/aromatic N) is 4. The number of aromatic nitrogens is 3. The summed E-state index contributed by atoms with van der Waals surface area (Å²) < 4.78 is 7.16. The lowest BCUT2D eigenvalue weighted by atomic mass is 10.2. The van der Waals surface area contributed by atoms with Crippen molar-refractivity contribution in [1.82, 2.24) is 25.0 Å². The molecule has 130 valence electrons. The van der Waals surface area contributed by atoms with Gasteiger partial charge in [0.05, 0.1) is 24.5 Å². The molecule has 0 radical (unpaired) electrons. The van der Waals surface area contributed by atoms with E-state index in [2.05, 4.69) is 20.3 Å². The van der Waals surface area contributed by atoms with E-state index in [1.165, 1.54) is 11.3 Å². The third-order valence-electron chi connectivity index (χ3n) is 4.28. The van der Waals surface area contributed by atoms with Crippen LogP contribution in [0.5, 0.6) is 0 Å². The average Bonchev–Trinajstić information content (AvgIpc) is 3.14. The van der Waals surface area contributed by atoms with Gasteiger partial charge in [-0.15, -0.1) is 11.3 Å². The van der Waals surface area contributed by atoms with E-state index in [1.54, 1.807) is 0 Å². The number of amides is 1. The van der Waals surface area contributed by atoms with Gasteiger partial charge in [0.25, 0.3) is 5.91 Å². The van der Waals surface area contributed by atoms with Crippen molar-refractivity contribution in [2.75, 3.05) is 39.4 Å². The van der Waals surface area contributed by atoms with Crippen molar-refractivity contribution in [3.63, 3.8) is 0 Å². The first-order chi connectivity index (χ1) is 11.6. The van der Waals surface area contributed by atoms with Crippen LogP contribution in [-0.2, 0) is 11.8 Å². The van der Waals surface area contributed by atoms with E-state index >= 15 is 0 Å². The molecular formula is C16H23N5O2S. The molecule has 1 aliphatic rings. The quantitative estimate of drug-likeness (QED) is 0.879. The maximum Gasteiger partial charge on any atom is 0.270 e. The average molecular weight is 349 g/mol. The number of thiazole rings is 1. The lowest BCUT2D eigenvalue weighted by Gasteiger charge is -2.26. The van der Waals surface area contributed by atoms with Crippen LogP contribution < -0.4 is 5.32 Å². The predicted molar refractivity (Wildman–Crippen MR) is 93.4 cm³/mol. The van der Waals surface area contributed by atoms with Gasteiger partial charge in [0, 0.05) is 44.3 Å². The molecule has 0 saturated carbocycles. The molecule has 1 aliphatic heterocycles. The number of hydrogen-bond acceptors (Lipinski definition) is 6. The van der Waals surface area contributed by atoms with Crippen LogP contribution in [0.15, 0.2) is 5.38 Å². The Bertz CT molecular complexity index is 718. The molecule has 0 bridgehead atoms. The zero-order valence-corrected chi connectivity index (χ0v) is 15.2. The second-order valence-corrected chi connectivity index (χ2v) is 6.78. The van der Waals surface area contributed by atoms with Crippen LogP contribution in [0.3, 0.4) is 0 Å². The minimum atomic E-state index is -0.120. The maximum absolute atomic E-state index is 12.3. The fourth-order valence-electron chi connectivity index (χ4n) is 2.82. The van der Waals surface area contributed by atoms with E-state index in [0.29, 0.717) is 12.2 Å². The van der Waals surface area contributed by atoms with Crippen molar-refractivity contribution in [3.05, 3.63) is 22.5 Å². The third kappa shape index (κ3) is 3.66. The molecule has 2 aromatic heterocycles. The van der Waals surface area contributed by atoms with Gasteiger partial charge in [-0.1, -0.05) is 0 Å². The van der Waals surface area contributed by atoms with Crippen LogP contribution >= 0.6 is 11.3 Å². The van der Waals surface area contributed by atoms with Gasteiger partial charge in [-0.25, -0.2) is 4.98 Å². The summed E-state index contributed by atoms with van der Waals surface area (Å²) in [5, 5.41) is 10.0. The molecule has 3 heterocycles. The molecule has 7 nitrogen and oxygen atoms in total. The van der Waals surface area contributed by atoms with E-state index in [0.717, 1.165) is 54.8 Å². The number of carbonyl (C=O) groups excluding carboxylic acids is 1. The van der Waals surface area contributed by atoms with Crippen molar-refractivity contribution in [1.29, 1.82) is 0 Å². The number of carbonyl (C=O) groups is 1. The third-order valence-corrected chi connectivity index (χ3v) is 5.14. The molecule has 0 atom stereocenters. The molecule has 0 aliphatic carbocycles. The second-order valence-electron chi connectivity index (χ2n) is 5.92. The molecule has 1 amide bonds. The smallest absolute Gasteiger partial charge is 0.270 e. The molecule has 0 spiro atoms. The number of aryl methyl sites for hydroxylation is 2. The van der Waals surface area contributed by atoms with Crippen LogP contribution in [0.2, 0.25) is 0 Å². The van der Waals surface area contributed by atoms with Gasteiger partial charge in [0.1, 0.15) is 10.7 Å². The topological polar surface area (TPSA) is 72.3 Å². The number of morpholine rings is 1. The van der Waals surface area contributed by atoms with Crippen molar-refractivity contribution in [3.8, 4) is 10.6 Å². The SMILES string of the molecule is Cc1nn(C)c(C)c1-c1nc(C(=O)NCCN2CCOCC2)cs1. The van der Waals surface area contributed by atoms with Crippen molar-refractivity contribution < 1.29 is 9.53 Å². The van der Waals surface area contributed by atoms with Crippen molar-refractivity contribution in [2.45, 2.75) is 13.8 Å². The van der Waals surface area contributed by atoms with Crippen LogP contribution in [0.1, 0.15) is 21.9 Å². The Hall–Kier alpha value is -1.77. The Morgan fingerprint density at radius 3 is 2.79 bits per heavy atom. The van der Waals surface area contributed by atoms with Crippen molar-refractivity contribution >= 4 is 17.2 Å². The molecule has 2 aromatic rings. The van der Waals surface area contributed by atoms with Crippen LogP contribution in [0.4, 0.5) is 0 Å². The highest BCUT2D eigenvalue weighted by Gasteiger charge is 2.18. The standard InChI is InChI=1S/C16H23N5O2S/c1-11-14(12(2)20(3)19-11)16-18-13(10-24-16)15(22)17-4-5-21-6-8-23-9-7-21/h10H,4-9H2,1-3H3,(H,17,22). The molecule has 3 rings (SSSR count). The highest BCUT2D eigenvalue weighted by molar-refractivity contribution is 7.13. The van der Waals surface area contributed by atoms with Crippen LogP contribution in [0, 0.1) is 13.8 Å². The minimum absolute atomic E-state index is 0.120. The second kappa shape index (κ2) is 7.42. The van der Waals surface area contributed by atoms with Gasteiger partial charge in [-0.05, 0) is 13.8 Å². The monoisotopic (exact) mass is 349 g/mol. The lowest BCUT2D eigenvalue weighted by Crippen LogP contribution is -2.41. The van der Waals surface area contributed by atoms with E-state index in [-0.39, 0.29) is 5.91 Å². The molecule has 1 N–H and O–H groups in total. The zero-order chi connectivity index (χ0) is 17.1. The van der Waals surface area contributed by atoms with Gasteiger partial charge < -0.3 is 10.1 Å². The number of nitrogens with one attached hydrogen (secondary N) is 1. The fraction of sp³-hybridized carbons (Fsp3) is 0.562. The molecule has 24 heavy (non-hydrogen) atoms. The Morgan fingerprint density at radius 1 is 1.38 bits per heavy atom. The maximum atomic E-state index is 12.3. The molecule has 1 saturated heterocycles. The fourth-order valence-corrected chi connectivity index (χ4v) is 3.77. The summed E-state index contributed by atoms with van der Waals surface area (Å²) in [6, 6.07) is 0. The summed E-state index contributed by atoms with van der Waals surface area (Å²) in [6.07, 6.45) is 0. The van der Waals surface area contributed by atoms with E-state index in [9.17, 15) is 4.79 Å². The normalized spacial score (nSPS) is 15.6. The molecule has 1 fully saturated rings. The Morgan fingerprint density at radius 2 is 2.12 bits per heavy atom. The van der Waals surface area contributed by atoms with E-state index in [1.807, 2.05) is 31.0 Å². The summed E-state index contributed by atoms with van der Waals surface area (Å²) in [7, 11) is 1.92. The largest absolute Gasteiger partial charge is 0.379 e. The lowest BCUT2D eigenvalue weighted by molar-refractivity contribution is 0.0383. The Labute approximate surface area is 145 Å². The van der Waals surface area contributed by atoms with Crippen molar-refractivity contribution in [2.24, 2.45) is 7.05 Å². The molecule has 0 aromatic carbocycles. The first-order valence-corrected chi connectivity index (χ1v) is 8.98. The van der Waals surface area contributed by atoms with E-state index in [4.69, 9.17) is 4.74 Å². The number of rotatable bonds is 5. The van der Waals surface area contributed by atoms with Crippen LogP contribution in [-0.4, -0.2) is 65.0 Å². The molecule has 0 unspecified atom stereocenters. The summed E-state index contributed by atoms with van der Waals surface area (Å²) >= 11 is 1.48. The van der Waals surface area contributed by atoms with Crippen LogP contribution in [0.25, 0.3) is 10.6 Å². The zero-order valence-electron chi connectivity index (χ0n) is 14.3. The first-order valence-electron chi connectivity index (χ1n) is 8.10. The van der Waals surface area contributed by atoms with Gasteiger partial charge >= 0.3 is 0 Å². The number of ether oxygens (including phenoxy) is 1. The van der Waals surface area contributed by atoms with Gasteiger partial charge in [0.15, 0.2) is 0 Å². The Balaban J connectivity index is 1.59. The molecular weight excluding hydrogens is 326 g/mol. The summed E-state index contributed by atoms with van der Waals surface area (Å²) in [6.45, 7) is 8.83. The molecule has 8 heteroatoms. The highest BCUT2D eigenvalue weighted by Crippen LogP contribution is 2.29. The predicted octanol–water partition coefficient (Wildman–Crippen LogP) is 1.22. The van der Waals surface area contributed by atoms with Gasteiger partial charge in [-0.3, -0.25) is 14.4 Å². The van der Waals surface area contributed by atoms with E-state index < -0.39 is 0 Å². The minimum Gasteiger partial charge on any atom is -0.379 e. The van der Waals surface area contributed by atoms with Gasteiger partial charge in [0.2, 0.25) is 0 Å². The summed E-state index contributed by atoms with van der Waals surface area (Å²) in [5.41, 5.74) is 3.49. The Kier molecular flexibility index (Phi) is 5.27. The first kappa shape index (κ1) is 17.1. The number of hydrogen-bond donors (Lipinski definition) is 1. The summed E-state index contributed by atoms with van der Waals surface area (Å²) in [5.74, 6) is -0.120.